The Morgan fingerprint density at radius 3 is 1.57 bits per heavy atom. The van der Waals surface area contributed by atoms with E-state index in [2.05, 4.69) is 139 Å². The van der Waals surface area contributed by atoms with Gasteiger partial charge in [0.15, 0.2) is 28.7 Å². The third-order valence-corrected chi connectivity index (χ3v) is 12.2. The Morgan fingerprint density at radius 1 is 0.583 bits per heavy atom. The molecule has 300 valence electrons. The molecule has 0 spiro atoms. The van der Waals surface area contributed by atoms with Crippen molar-refractivity contribution in [3.63, 3.8) is 0 Å². The highest BCUT2D eigenvalue weighted by Gasteiger charge is 2.39. The average Bonchev–Trinajstić information content (AvgIpc) is 4.17. The number of nitrogens with one attached hydrogen (secondary N) is 2. The lowest BCUT2D eigenvalue weighted by Crippen LogP contribution is -2.30. The van der Waals surface area contributed by atoms with Crippen molar-refractivity contribution in [3.8, 4) is 45.8 Å². The van der Waals surface area contributed by atoms with Crippen molar-refractivity contribution >= 4 is 23.5 Å². The molecule has 0 amide bonds. The van der Waals surface area contributed by atoms with Gasteiger partial charge in [0, 0.05) is 57.1 Å². The molecule has 4 heterocycles. The molecule has 60 heavy (non-hydrogen) atoms. The van der Waals surface area contributed by atoms with E-state index in [-0.39, 0.29) is 10.8 Å². The summed E-state index contributed by atoms with van der Waals surface area (Å²) in [5, 5.41) is 19.8. The Kier molecular flexibility index (Phi) is 10.4. The van der Waals surface area contributed by atoms with Crippen LogP contribution in [0.1, 0.15) is 44.8 Å². The first-order valence-electron chi connectivity index (χ1n) is 19.5. The fourth-order valence-electron chi connectivity index (χ4n) is 8.48. The third-order valence-electron chi connectivity index (χ3n) is 11.6. The number of nitrogens with zero attached hydrogens (tertiary/aromatic N) is 3. The smallest absolute Gasteiger partial charge is 0.247 e. The Bertz CT molecular complexity index is 2580. The van der Waals surface area contributed by atoms with Gasteiger partial charge in [-0.25, -0.2) is 4.98 Å². The zero-order valence-electron chi connectivity index (χ0n) is 33.6. The molecule has 0 bridgehead atoms. The van der Waals surface area contributed by atoms with Crippen molar-refractivity contribution in [2.75, 3.05) is 28.4 Å². The fraction of sp³-hybridized carbons (Fsp3) is 0.163. The van der Waals surface area contributed by atoms with Gasteiger partial charge in [-0.15, -0.1) is 0 Å². The summed E-state index contributed by atoms with van der Waals surface area (Å²) in [4.78, 5) is 4.25. The minimum atomic E-state index is -0.381. The number of rotatable bonds is 10. The SMILES string of the molecule is COc1ccc(C2(c3ccccc3)C=Cc3c(-c4ccsc4)n[nH]c3C2)cc1OC.COc1ccc(C2(c3ccccc3)C=Cc3c(-c4ncco4)n[nH]c3C2)cc1OC. The number of H-pyrrole nitrogens is 2. The van der Waals surface area contributed by atoms with Crippen LogP contribution in [-0.2, 0) is 23.7 Å². The number of methoxy groups -OCH3 is 4. The summed E-state index contributed by atoms with van der Waals surface area (Å²) in [6.07, 6.45) is 13.5. The number of hydrogen-bond donors (Lipinski definition) is 2. The molecule has 0 fully saturated rings. The molecule has 2 N–H and O–H groups in total. The van der Waals surface area contributed by atoms with Crippen LogP contribution in [0.15, 0.2) is 143 Å². The fourth-order valence-corrected chi connectivity index (χ4v) is 9.12. The van der Waals surface area contributed by atoms with Crippen molar-refractivity contribution in [1.29, 1.82) is 0 Å². The van der Waals surface area contributed by atoms with Gasteiger partial charge < -0.3 is 23.4 Å². The first-order valence-corrected chi connectivity index (χ1v) is 20.5. The van der Waals surface area contributed by atoms with E-state index < -0.39 is 0 Å². The number of ether oxygens (including phenoxy) is 4. The van der Waals surface area contributed by atoms with E-state index >= 15 is 0 Å². The second kappa shape index (κ2) is 16.3. The summed E-state index contributed by atoms with van der Waals surface area (Å²) in [6.45, 7) is 0. The highest BCUT2D eigenvalue weighted by molar-refractivity contribution is 7.08. The molecule has 0 aliphatic heterocycles. The van der Waals surface area contributed by atoms with Crippen LogP contribution < -0.4 is 18.9 Å². The van der Waals surface area contributed by atoms with Gasteiger partial charge in [0.2, 0.25) is 5.89 Å². The van der Waals surface area contributed by atoms with E-state index in [1.54, 1.807) is 52.2 Å². The molecular formula is C49H43N5O5S. The van der Waals surface area contributed by atoms with Gasteiger partial charge in [-0.2, -0.15) is 21.5 Å². The van der Waals surface area contributed by atoms with Gasteiger partial charge in [0.1, 0.15) is 12.0 Å². The molecule has 0 saturated heterocycles. The third kappa shape index (κ3) is 6.76. The second-order valence-corrected chi connectivity index (χ2v) is 15.4. The molecule has 4 aromatic carbocycles. The van der Waals surface area contributed by atoms with E-state index in [4.69, 9.17) is 23.4 Å². The first kappa shape index (κ1) is 38.4. The zero-order valence-corrected chi connectivity index (χ0v) is 34.5. The normalized spacial score (nSPS) is 17.5. The van der Waals surface area contributed by atoms with Crippen molar-refractivity contribution in [3.05, 3.63) is 183 Å². The van der Waals surface area contributed by atoms with Crippen molar-refractivity contribution in [1.82, 2.24) is 25.4 Å². The number of thiophene rings is 1. The molecule has 2 aliphatic carbocycles. The van der Waals surface area contributed by atoms with Gasteiger partial charge in [0.05, 0.1) is 34.6 Å². The molecule has 4 aromatic heterocycles. The molecule has 0 saturated carbocycles. The summed E-state index contributed by atoms with van der Waals surface area (Å²) in [6, 6.07) is 35.4. The Balaban J connectivity index is 0.000000154. The standard InChI is InChI=1S/C25H22N2O2S.C24H21N3O3/c1-28-22-9-8-19(14-23(22)29-2)25(18-6-4-3-5-7-18)12-10-20-21(15-25)26-27-24(20)17-11-13-30-16-17;1-28-20-9-8-17(14-21(20)29-2)24(16-6-4-3-5-7-16)11-10-18-19(15-24)26-27-22(18)23-25-12-13-30-23/h3-14,16H,15H2,1-2H3,(H,26,27);3-14H,15H2,1-2H3,(H,26,27). The number of fused-ring (bicyclic) bond motifs is 2. The van der Waals surface area contributed by atoms with Crippen molar-refractivity contribution in [2.45, 2.75) is 23.7 Å². The summed E-state index contributed by atoms with van der Waals surface area (Å²) < 4.78 is 27.5. The largest absolute Gasteiger partial charge is 0.493 e. The van der Waals surface area contributed by atoms with Crippen molar-refractivity contribution in [2.24, 2.45) is 0 Å². The van der Waals surface area contributed by atoms with Crippen LogP contribution in [0.2, 0.25) is 0 Å². The molecule has 0 radical (unpaired) electrons. The van der Waals surface area contributed by atoms with Crippen molar-refractivity contribution < 1.29 is 23.4 Å². The first-order chi connectivity index (χ1) is 29.5. The highest BCUT2D eigenvalue weighted by atomic mass is 32.1. The van der Waals surface area contributed by atoms with Crippen LogP contribution in [0.25, 0.3) is 35.0 Å². The summed E-state index contributed by atoms with van der Waals surface area (Å²) in [5.74, 6) is 3.38. The van der Waals surface area contributed by atoms with E-state index in [9.17, 15) is 0 Å². The molecule has 10 rings (SSSR count). The topological polar surface area (TPSA) is 120 Å². The summed E-state index contributed by atoms with van der Waals surface area (Å²) in [5.41, 5.74) is 11.2. The highest BCUT2D eigenvalue weighted by Crippen LogP contribution is 2.47. The molecular weight excluding hydrogens is 771 g/mol. The van der Waals surface area contributed by atoms with Gasteiger partial charge in [-0.05, 0) is 58.0 Å². The predicted octanol–water partition coefficient (Wildman–Crippen LogP) is 10.3. The summed E-state index contributed by atoms with van der Waals surface area (Å²) >= 11 is 1.69. The lowest BCUT2D eigenvalue weighted by molar-refractivity contribution is 0.354. The number of aromatic amines is 2. The Labute approximate surface area is 352 Å². The van der Waals surface area contributed by atoms with Gasteiger partial charge in [-0.3, -0.25) is 10.2 Å². The van der Waals surface area contributed by atoms with Gasteiger partial charge in [0.25, 0.3) is 0 Å². The van der Waals surface area contributed by atoms with E-state index in [1.807, 2.05) is 24.3 Å². The van der Waals surface area contributed by atoms with E-state index in [0.717, 1.165) is 62.9 Å². The molecule has 2 aliphatic rings. The lowest BCUT2D eigenvalue weighted by atomic mass is 9.68. The monoisotopic (exact) mass is 813 g/mol. The van der Waals surface area contributed by atoms with Gasteiger partial charge >= 0.3 is 0 Å². The predicted molar refractivity (Wildman–Crippen MR) is 235 cm³/mol. The second-order valence-electron chi connectivity index (χ2n) is 14.6. The number of benzene rings is 4. The van der Waals surface area contributed by atoms with Crippen LogP contribution in [0.4, 0.5) is 0 Å². The Morgan fingerprint density at radius 2 is 1.10 bits per heavy atom. The van der Waals surface area contributed by atoms with Crippen LogP contribution in [0.3, 0.4) is 0 Å². The molecule has 2 unspecified atom stereocenters. The van der Waals surface area contributed by atoms with Crippen LogP contribution >= 0.6 is 11.3 Å². The maximum Gasteiger partial charge on any atom is 0.247 e. The molecule has 2 atom stereocenters. The minimum Gasteiger partial charge on any atom is -0.493 e. The molecule has 10 nitrogen and oxygen atoms in total. The average molecular weight is 814 g/mol. The molecule has 8 aromatic rings. The summed E-state index contributed by atoms with van der Waals surface area (Å²) in [7, 11) is 6.64. The van der Waals surface area contributed by atoms with E-state index in [1.165, 1.54) is 16.7 Å². The zero-order chi connectivity index (χ0) is 41.1. The van der Waals surface area contributed by atoms with E-state index in [0.29, 0.717) is 23.8 Å². The maximum atomic E-state index is 5.60. The van der Waals surface area contributed by atoms with Crippen LogP contribution in [-0.4, -0.2) is 53.8 Å². The number of oxazole rings is 1. The maximum absolute atomic E-state index is 5.60. The number of hydrogen-bond acceptors (Lipinski definition) is 9. The van der Waals surface area contributed by atoms with Crippen LogP contribution in [0, 0.1) is 0 Å². The lowest BCUT2D eigenvalue weighted by Gasteiger charge is -2.35. The van der Waals surface area contributed by atoms with Gasteiger partial charge in [-0.1, -0.05) is 97.1 Å². The number of allylic oxidation sites excluding steroid dienone is 2. The quantitative estimate of drug-likeness (QED) is 0.140. The number of aromatic nitrogens is 5. The Hall–Kier alpha value is -7.11. The van der Waals surface area contributed by atoms with Crippen LogP contribution in [0.5, 0.6) is 23.0 Å². The minimum absolute atomic E-state index is 0.327. The molecule has 11 heteroatoms.